The Kier molecular flexibility index (Phi) is 4.00. The van der Waals surface area contributed by atoms with E-state index in [2.05, 4.69) is 49.3 Å². The summed E-state index contributed by atoms with van der Waals surface area (Å²) in [4.78, 5) is 8.47. The summed E-state index contributed by atoms with van der Waals surface area (Å²) < 4.78 is 0. The average molecular weight is 301 g/mol. The van der Waals surface area contributed by atoms with E-state index in [9.17, 15) is 0 Å². The standard InChI is InChI=1S/C17H23N3S/c1-11(18-3)17-16(19-12(2)21-17)14-7-8-15-13(10-14)6-5-9-20(15)4/h7-8,10-11,18H,5-6,9H2,1-4H3. The molecule has 0 saturated heterocycles. The number of nitrogens with zero attached hydrogens (tertiary/aromatic N) is 2. The number of aromatic nitrogens is 1. The predicted octanol–water partition coefficient (Wildman–Crippen LogP) is 3.78. The number of fused-ring (bicyclic) bond motifs is 1. The molecule has 4 heteroatoms. The second kappa shape index (κ2) is 5.78. The maximum Gasteiger partial charge on any atom is 0.0905 e. The fraction of sp³-hybridized carbons (Fsp3) is 0.471. The molecule has 0 bridgehead atoms. The van der Waals surface area contributed by atoms with Crippen LogP contribution in [0.4, 0.5) is 5.69 Å². The minimum atomic E-state index is 0.338. The van der Waals surface area contributed by atoms with Crippen molar-refractivity contribution < 1.29 is 0 Å². The van der Waals surface area contributed by atoms with Crippen LogP contribution in [0.5, 0.6) is 0 Å². The van der Waals surface area contributed by atoms with E-state index in [1.54, 1.807) is 11.3 Å². The number of hydrogen-bond acceptors (Lipinski definition) is 4. The maximum absolute atomic E-state index is 4.78. The van der Waals surface area contributed by atoms with E-state index in [0.717, 1.165) is 17.2 Å². The summed E-state index contributed by atoms with van der Waals surface area (Å²) in [5.74, 6) is 0. The van der Waals surface area contributed by atoms with Crippen LogP contribution in [0, 0.1) is 6.92 Å². The van der Waals surface area contributed by atoms with Gasteiger partial charge in [0.15, 0.2) is 0 Å². The molecule has 1 N–H and O–H groups in total. The van der Waals surface area contributed by atoms with Gasteiger partial charge in [-0.2, -0.15) is 0 Å². The van der Waals surface area contributed by atoms with Gasteiger partial charge < -0.3 is 10.2 Å². The van der Waals surface area contributed by atoms with E-state index >= 15 is 0 Å². The minimum absolute atomic E-state index is 0.338. The van der Waals surface area contributed by atoms with E-state index in [4.69, 9.17) is 4.98 Å². The third-order valence-corrected chi connectivity index (χ3v) is 5.44. The Balaban J connectivity index is 2.05. The van der Waals surface area contributed by atoms with Crippen LogP contribution in [0.1, 0.15) is 34.8 Å². The molecule has 2 heterocycles. The maximum atomic E-state index is 4.78. The minimum Gasteiger partial charge on any atom is -0.374 e. The fourth-order valence-electron chi connectivity index (χ4n) is 3.01. The molecule has 1 aliphatic rings. The zero-order chi connectivity index (χ0) is 15.0. The fourth-order valence-corrected chi connectivity index (χ4v) is 4.02. The Morgan fingerprint density at radius 3 is 2.95 bits per heavy atom. The van der Waals surface area contributed by atoms with Gasteiger partial charge in [0.05, 0.1) is 10.7 Å². The van der Waals surface area contributed by atoms with Gasteiger partial charge in [-0.3, -0.25) is 0 Å². The quantitative estimate of drug-likeness (QED) is 0.935. The van der Waals surface area contributed by atoms with Crippen molar-refractivity contribution in [1.82, 2.24) is 10.3 Å². The van der Waals surface area contributed by atoms with Crippen LogP contribution in [0.2, 0.25) is 0 Å². The molecule has 1 atom stereocenters. The summed E-state index contributed by atoms with van der Waals surface area (Å²) in [5.41, 5.74) is 5.23. The molecule has 2 aromatic rings. The van der Waals surface area contributed by atoms with Crippen LogP contribution in [0.15, 0.2) is 18.2 Å². The van der Waals surface area contributed by atoms with Crippen LogP contribution in [0.3, 0.4) is 0 Å². The Labute approximate surface area is 131 Å². The van der Waals surface area contributed by atoms with Crippen molar-refractivity contribution in [3.63, 3.8) is 0 Å². The largest absolute Gasteiger partial charge is 0.374 e. The molecule has 0 spiro atoms. The molecule has 0 amide bonds. The normalized spacial score (nSPS) is 15.9. The smallest absolute Gasteiger partial charge is 0.0905 e. The van der Waals surface area contributed by atoms with E-state index in [1.165, 1.54) is 34.5 Å². The molecule has 0 radical (unpaired) electrons. The van der Waals surface area contributed by atoms with E-state index in [1.807, 2.05) is 7.05 Å². The van der Waals surface area contributed by atoms with Gasteiger partial charge in [0.1, 0.15) is 0 Å². The third kappa shape index (κ3) is 2.70. The lowest BCUT2D eigenvalue weighted by molar-refractivity contribution is 0.664. The molecule has 1 aliphatic heterocycles. The lowest BCUT2D eigenvalue weighted by atomic mass is 9.97. The van der Waals surface area contributed by atoms with Gasteiger partial charge in [0.25, 0.3) is 0 Å². The first-order chi connectivity index (χ1) is 10.1. The van der Waals surface area contributed by atoms with Crippen molar-refractivity contribution in [1.29, 1.82) is 0 Å². The lowest BCUT2D eigenvalue weighted by Crippen LogP contribution is -2.24. The van der Waals surface area contributed by atoms with Crippen molar-refractivity contribution in [2.24, 2.45) is 0 Å². The van der Waals surface area contributed by atoms with Crippen molar-refractivity contribution >= 4 is 17.0 Å². The topological polar surface area (TPSA) is 28.2 Å². The number of thiazole rings is 1. The Hall–Kier alpha value is -1.39. The van der Waals surface area contributed by atoms with Crippen LogP contribution in [-0.2, 0) is 6.42 Å². The van der Waals surface area contributed by atoms with Gasteiger partial charge in [-0.15, -0.1) is 11.3 Å². The monoisotopic (exact) mass is 301 g/mol. The number of aryl methyl sites for hydroxylation is 2. The van der Waals surface area contributed by atoms with E-state index < -0.39 is 0 Å². The molecule has 3 rings (SSSR count). The summed E-state index contributed by atoms with van der Waals surface area (Å²) in [7, 11) is 4.19. The van der Waals surface area contributed by atoms with Gasteiger partial charge in [-0.1, -0.05) is 6.07 Å². The Bertz CT molecular complexity index is 647. The lowest BCUT2D eigenvalue weighted by Gasteiger charge is -2.27. The molecule has 1 aromatic heterocycles. The average Bonchev–Trinajstić information content (AvgIpc) is 2.88. The number of rotatable bonds is 3. The Morgan fingerprint density at radius 2 is 2.19 bits per heavy atom. The number of benzene rings is 1. The summed E-state index contributed by atoms with van der Waals surface area (Å²) in [5, 5.41) is 4.47. The van der Waals surface area contributed by atoms with Crippen LogP contribution in [-0.4, -0.2) is 25.6 Å². The summed E-state index contributed by atoms with van der Waals surface area (Å²) >= 11 is 1.80. The first kappa shape index (κ1) is 14.5. The Morgan fingerprint density at radius 1 is 1.38 bits per heavy atom. The molecule has 112 valence electrons. The zero-order valence-electron chi connectivity index (χ0n) is 13.2. The molecule has 0 fully saturated rings. The van der Waals surface area contributed by atoms with Crippen molar-refractivity contribution in [3.8, 4) is 11.3 Å². The van der Waals surface area contributed by atoms with Crippen molar-refractivity contribution in [2.75, 3.05) is 25.5 Å². The zero-order valence-corrected chi connectivity index (χ0v) is 14.0. The predicted molar refractivity (Wildman–Crippen MR) is 91.4 cm³/mol. The molecular formula is C17H23N3S. The first-order valence-corrected chi connectivity index (χ1v) is 8.41. The highest BCUT2D eigenvalue weighted by atomic mass is 32.1. The summed E-state index contributed by atoms with van der Waals surface area (Å²) in [6.07, 6.45) is 2.41. The second-order valence-corrected chi connectivity index (χ2v) is 7.06. The first-order valence-electron chi connectivity index (χ1n) is 7.59. The SMILES string of the molecule is CNC(C)c1sc(C)nc1-c1ccc2c(c1)CCCN2C. The highest BCUT2D eigenvalue weighted by molar-refractivity contribution is 7.12. The highest BCUT2D eigenvalue weighted by Gasteiger charge is 2.19. The molecule has 0 aliphatic carbocycles. The molecule has 0 saturated carbocycles. The summed E-state index contributed by atoms with van der Waals surface area (Å²) in [6, 6.07) is 7.16. The second-order valence-electron chi connectivity index (χ2n) is 5.82. The molecule has 21 heavy (non-hydrogen) atoms. The van der Waals surface area contributed by atoms with E-state index in [-0.39, 0.29) is 0 Å². The molecular weight excluding hydrogens is 278 g/mol. The summed E-state index contributed by atoms with van der Waals surface area (Å²) in [6.45, 7) is 5.44. The van der Waals surface area contributed by atoms with Gasteiger partial charge >= 0.3 is 0 Å². The number of nitrogens with one attached hydrogen (secondary N) is 1. The van der Waals surface area contributed by atoms with Gasteiger partial charge in [0.2, 0.25) is 0 Å². The van der Waals surface area contributed by atoms with Gasteiger partial charge in [-0.25, -0.2) is 4.98 Å². The highest BCUT2D eigenvalue weighted by Crippen LogP contribution is 2.36. The molecule has 1 unspecified atom stereocenters. The van der Waals surface area contributed by atoms with Gasteiger partial charge in [-0.05, 0) is 51.4 Å². The number of anilines is 1. The van der Waals surface area contributed by atoms with Crippen molar-refractivity contribution in [2.45, 2.75) is 32.7 Å². The van der Waals surface area contributed by atoms with Crippen LogP contribution >= 0.6 is 11.3 Å². The van der Waals surface area contributed by atoms with Gasteiger partial charge in [0, 0.05) is 35.8 Å². The van der Waals surface area contributed by atoms with Crippen LogP contribution in [0.25, 0.3) is 11.3 Å². The van der Waals surface area contributed by atoms with E-state index in [0.29, 0.717) is 6.04 Å². The number of hydrogen-bond donors (Lipinski definition) is 1. The van der Waals surface area contributed by atoms with Crippen molar-refractivity contribution in [3.05, 3.63) is 33.6 Å². The molecule has 1 aromatic carbocycles. The molecule has 3 nitrogen and oxygen atoms in total. The van der Waals surface area contributed by atoms with Crippen LogP contribution < -0.4 is 10.2 Å². The third-order valence-electron chi connectivity index (χ3n) is 4.29.